The fraction of sp³-hybridized carbons (Fsp3) is 0.375. The molecule has 1 aromatic carbocycles. The van der Waals surface area contributed by atoms with E-state index in [2.05, 4.69) is 10.4 Å². The Balaban J connectivity index is 2.34. The van der Waals surface area contributed by atoms with Crippen molar-refractivity contribution >= 4 is 5.91 Å². The van der Waals surface area contributed by atoms with Crippen LogP contribution in [-0.4, -0.2) is 21.7 Å². The topological polar surface area (TPSA) is 46.9 Å². The van der Waals surface area contributed by atoms with Crippen LogP contribution in [0.1, 0.15) is 41.9 Å². The van der Waals surface area contributed by atoms with E-state index in [0.717, 1.165) is 18.6 Å². The first-order valence-electron chi connectivity index (χ1n) is 7.27. The molecule has 0 aliphatic rings. The fourth-order valence-electron chi connectivity index (χ4n) is 2.11. The van der Waals surface area contributed by atoms with E-state index in [-0.39, 0.29) is 17.6 Å². The number of rotatable bonds is 4. The number of carbonyl (C=O) groups excluding carboxylic acids is 1. The molecule has 1 N–H and O–H groups in total. The van der Waals surface area contributed by atoms with Gasteiger partial charge in [0.2, 0.25) is 0 Å². The van der Waals surface area contributed by atoms with Crippen molar-refractivity contribution in [3.63, 3.8) is 0 Å². The maximum absolute atomic E-state index is 12.8. The van der Waals surface area contributed by atoms with Gasteiger partial charge < -0.3 is 5.32 Å². The molecule has 0 aliphatic heterocycles. The number of nitrogens with zero attached hydrogens (tertiary/aromatic N) is 2. The zero-order valence-electron chi connectivity index (χ0n) is 13.1. The summed E-state index contributed by atoms with van der Waals surface area (Å²) in [7, 11) is 0. The van der Waals surface area contributed by atoms with Crippen LogP contribution in [-0.2, 0) is 6.18 Å². The molecule has 1 heterocycles. The predicted octanol–water partition coefficient (Wildman–Crippen LogP) is 3.73. The van der Waals surface area contributed by atoms with Gasteiger partial charge in [0.1, 0.15) is 0 Å². The number of amides is 1. The number of hydrogen-bond donors (Lipinski definition) is 1. The van der Waals surface area contributed by atoms with E-state index in [0.29, 0.717) is 11.3 Å². The normalized spacial score (nSPS) is 13.0. The highest BCUT2D eigenvalue weighted by atomic mass is 19.4. The molecule has 0 fully saturated rings. The van der Waals surface area contributed by atoms with Gasteiger partial charge in [-0.3, -0.25) is 4.79 Å². The first kappa shape index (κ1) is 17.1. The summed E-state index contributed by atoms with van der Waals surface area (Å²) in [6.07, 6.45) is -2.27. The summed E-state index contributed by atoms with van der Waals surface area (Å²) in [5.41, 5.74) is 0.350. The van der Waals surface area contributed by atoms with Gasteiger partial charge in [0.15, 0.2) is 0 Å². The van der Waals surface area contributed by atoms with E-state index in [1.54, 1.807) is 6.92 Å². The van der Waals surface area contributed by atoms with Gasteiger partial charge in [0, 0.05) is 6.04 Å². The van der Waals surface area contributed by atoms with Gasteiger partial charge in [0.25, 0.3) is 5.91 Å². The Morgan fingerprint density at radius 1 is 1.39 bits per heavy atom. The molecule has 1 atom stereocenters. The Hall–Kier alpha value is -2.31. The van der Waals surface area contributed by atoms with E-state index < -0.39 is 11.7 Å². The zero-order chi connectivity index (χ0) is 17.2. The zero-order valence-corrected chi connectivity index (χ0v) is 13.1. The molecule has 1 amide bonds. The molecule has 0 radical (unpaired) electrons. The minimum Gasteiger partial charge on any atom is -0.349 e. The van der Waals surface area contributed by atoms with Crippen LogP contribution in [0.25, 0.3) is 5.69 Å². The second kappa shape index (κ2) is 6.44. The maximum Gasteiger partial charge on any atom is 0.416 e. The van der Waals surface area contributed by atoms with Crippen molar-refractivity contribution in [2.45, 2.75) is 39.4 Å². The number of halogens is 3. The quantitative estimate of drug-likeness (QED) is 0.931. The maximum atomic E-state index is 12.8. The van der Waals surface area contributed by atoms with Crippen LogP contribution in [0.5, 0.6) is 0 Å². The first-order valence-corrected chi connectivity index (χ1v) is 7.27. The number of aromatic nitrogens is 2. The average molecular weight is 325 g/mol. The number of carbonyl (C=O) groups is 1. The molecule has 0 saturated heterocycles. The van der Waals surface area contributed by atoms with E-state index in [1.807, 2.05) is 13.8 Å². The van der Waals surface area contributed by atoms with Gasteiger partial charge in [-0.15, -0.1) is 0 Å². The molecule has 23 heavy (non-hydrogen) atoms. The number of benzene rings is 1. The van der Waals surface area contributed by atoms with Crippen molar-refractivity contribution in [2.75, 3.05) is 0 Å². The minimum absolute atomic E-state index is 0.0128. The van der Waals surface area contributed by atoms with Gasteiger partial charge >= 0.3 is 6.18 Å². The van der Waals surface area contributed by atoms with E-state index in [4.69, 9.17) is 0 Å². The molecule has 0 spiro atoms. The number of alkyl halides is 3. The van der Waals surface area contributed by atoms with Crippen molar-refractivity contribution in [1.29, 1.82) is 0 Å². The van der Waals surface area contributed by atoms with Crippen molar-refractivity contribution in [2.24, 2.45) is 0 Å². The summed E-state index contributed by atoms with van der Waals surface area (Å²) in [6.45, 7) is 5.48. The van der Waals surface area contributed by atoms with E-state index in [1.165, 1.54) is 23.0 Å². The van der Waals surface area contributed by atoms with Crippen LogP contribution in [0, 0.1) is 6.92 Å². The lowest BCUT2D eigenvalue weighted by Gasteiger charge is -2.12. The third-order valence-electron chi connectivity index (χ3n) is 3.66. The largest absolute Gasteiger partial charge is 0.416 e. The second-order valence-corrected chi connectivity index (χ2v) is 5.39. The Morgan fingerprint density at radius 3 is 2.70 bits per heavy atom. The van der Waals surface area contributed by atoms with Gasteiger partial charge in [0.05, 0.1) is 28.7 Å². The Kier molecular flexibility index (Phi) is 4.77. The van der Waals surface area contributed by atoms with Crippen LogP contribution < -0.4 is 5.32 Å². The van der Waals surface area contributed by atoms with Crippen molar-refractivity contribution in [3.8, 4) is 5.69 Å². The molecule has 2 rings (SSSR count). The molecule has 4 nitrogen and oxygen atoms in total. The Morgan fingerprint density at radius 2 is 2.09 bits per heavy atom. The molecule has 0 aliphatic carbocycles. The second-order valence-electron chi connectivity index (χ2n) is 5.39. The smallest absolute Gasteiger partial charge is 0.349 e. The molecular formula is C16H18F3N3O. The fourth-order valence-corrected chi connectivity index (χ4v) is 2.11. The molecular weight excluding hydrogens is 307 g/mol. The number of hydrogen-bond acceptors (Lipinski definition) is 2. The van der Waals surface area contributed by atoms with Crippen molar-refractivity contribution < 1.29 is 18.0 Å². The summed E-state index contributed by atoms with van der Waals surface area (Å²) >= 11 is 0. The predicted molar refractivity (Wildman–Crippen MR) is 80.5 cm³/mol. The summed E-state index contributed by atoms with van der Waals surface area (Å²) in [5.74, 6) is -0.282. The first-order chi connectivity index (χ1) is 10.7. The van der Waals surface area contributed by atoms with Gasteiger partial charge in [-0.05, 0) is 38.5 Å². The molecule has 1 unspecified atom stereocenters. The van der Waals surface area contributed by atoms with Gasteiger partial charge in [-0.2, -0.15) is 18.3 Å². The van der Waals surface area contributed by atoms with E-state index in [9.17, 15) is 18.0 Å². The summed E-state index contributed by atoms with van der Waals surface area (Å²) in [6, 6.07) is 4.86. The van der Waals surface area contributed by atoms with Crippen LogP contribution in [0.2, 0.25) is 0 Å². The third-order valence-corrected chi connectivity index (χ3v) is 3.66. The molecule has 0 bridgehead atoms. The van der Waals surface area contributed by atoms with Gasteiger partial charge in [-0.25, -0.2) is 4.68 Å². The molecule has 1 aromatic heterocycles. The number of nitrogens with one attached hydrogen (secondary N) is 1. The molecule has 0 saturated carbocycles. The Labute approximate surface area is 132 Å². The van der Waals surface area contributed by atoms with Crippen molar-refractivity contribution in [3.05, 3.63) is 47.3 Å². The van der Waals surface area contributed by atoms with Crippen LogP contribution in [0.3, 0.4) is 0 Å². The standard InChI is InChI=1S/C16H18F3N3O/c1-4-10(2)21-15(23)14-9-20-22(11(14)3)13-7-5-6-12(8-13)16(17,18)19/h5-10H,4H2,1-3H3,(H,21,23). The highest BCUT2D eigenvalue weighted by Crippen LogP contribution is 2.30. The highest BCUT2D eigenvalue weighted by Gasteiger charge is 2.30. The van der Waals surface area contributed by atoms with Crippen LogP contribution in [0.4, 0.5) is 13.2 Å². The monoisotopic (exact) mass is 325 g/mol. The van der Waals surface area contributed by atoms with Crippen LogP contribution >= 0.6 is 0 Å². The summed E-state index contributed by atoms with van der Waals surface area (Å²) in [4.78, 5) is 12.2. The molecule has 124 valence electrons. The average Bonchev–Trinajstić information content (AvgIpc) is 2.88. The van der Waals surface area contributed by atoms with Gasteiger partial charge in [-0.1, -0.05) is 13.0 Å². The third kappa shape index (κ3) is 3.72. The summed E-state index contributed by atoms with van der Waals surface area (Å²) < 4.78 is 39.8. The van der Waals surface area contributed by atoms with Crippen LogP contribution in [0.15, 0.2) is 30.5 Å². The lowest BCUT2D eigenvalue weighted by molar-refractivity contribution is -0.137. The Bertz CT molecular complexity index is 707. The molecule has 2 aromatic rings. The molecule has 7 heteroatoms. The SMILES string of the molecule is CCC(C)NC(=O)c1cnn(-c2cccc(C(F)(F)F)c2)c1C. The summed E-state index contributed by atoms with van der Waals surface area (Å²) in [5, 5.41) is 6.87. The van der Waals surface area contributed by atoms with E-state index >= 15 is 0 Å². The highest BCUT2D eigenvalue weighted by molar-refractivity contribution is 5.95. The lowest BCUT2D eigenvalue weighted by Crippen LogP contribution is -2.32. The lowest BCUT2D eigenvalue weighted by atomic mass is 10.2. The minimum atomic E-state index is -4.42. The van der Waals surface area contributed by atoms with Crippen molar-refractivity contribution in [1.82, 2.24) is 15.1 Å².